The summed E-state index contributed by atoms with van der Waals surface area (Å²) in [7, 11) is 0. The van der Waals surface area contributed by atoms with Crippen LogP contribution in [-0.2, 0) is 0 Å². The first-order valence-corrected chi connectivity index (χ1v) is 8.45. The van der Waals surface area contributed by atoms with Gasteiger partial charge in [-0.1, -0.05) is 30.3 Å². The van der Waals surface area contributed by atoms with Gasteiger partial charge in [0.05, 0.1) is 0 Å². The number of aryl methyl sites for hydroxylation is 2. The van der Waals surface area contributed by atoms with Crippen molar-refractivity contribution in [2.24, 2.45) is 0 Å². The zero-order valence-corrected chi connectivity index (χ0v) is 15.2. The van der Waals surface area contributed by atoms with Crippen molar-refractivity contribution in [3.8, 4) is 11.4 Å². The highest BCUT2D eigenvalue weighted by atomic mass is 16.5. The maximum absolute atomic E-state index is 12.7. The Hall–Kier alpha value is -2.81. The Morgan fingerprint density at radius 1 is 0.960 bits per heavy atom. The molecule has 0 aliphatic rings. The number of rotatable bonds is 5. The number of carbonyl (C=O) groups is 1. The maximum atomic E-state index is 12.7. The number of hydrogen-bond donors (Lipinski definition) is 0. The molecular formula is C22H23NO2. The standard InChI is InChI=1S/C22H23NO2/c1-15-9-8-12-22(17(15)3)25-14-21(24)20-13-16(2)23(18(20)4)19-10-6-5-7-11-19/h5-13H,14H2,1-4H3. The van der Waals surface area contributed by atoms with Crippen LogP contribution in [0.4, 0.5) is 0 Å². The van der Waals surface area contributed by atoms with Gasteiger partial charge in [-0.2, -0.15) is 0 Å². The molecule has 0 amide bonds. The second-order valence-corrected chi connectivity index (χ2v) is 6.37. The molecule has 2 aromatic carbocycles. The number of ketones is 1. The molecule has 0 aliphatic carbocycles. The SMILES string of the molecule is Cc1cccc(OCC(=O)c2cc(C)n(-c3ccccc3)c2C)c1C. The molecule has 0 aliphatic heterocycles. The molecule has 3 aromatic rings. The molecule has 0 saturated carbocycles. The van der Waals surface area contributed by atoms with Crippen molar-refractivity contribution in [3.05, 3.63) is 82.7 Å². The van der Waals surface area contributed by atoms with Crippen molar-refractivity contribution in [1.82, 2.24) is 4.57 Å². The van der Waals surface area contributed by atoms with Crippen molar-refractivity contribution >= 4 is 5.78 Å². The molecule has 0 atom stereocenters. The van der Waals surface area contributed by atoms with Gasteiger partial charge in [0.2, 0.25) is 5.78 Å². The lowest BCUT2D eigenvalue weighted by molar-refractivity contribution is 0.0920. The minimum Gasteiger partial charge on any atom is -0.485 e. The fraction of sp³-hybridized carbons (Fsp3) is 0.227. The molecule has 0 saturated heterocycles. The van der Waals surface area contributed by atoms with Crippen LogP contribution in [0.15, 0.2) is 54.6 Å². The molecule has 0 unspecified atom stereocenters. The number of hydrogen-bond acceptors (Lipinski definition) is 2. The van der Waals surface area contributed by atoms with E-state index in [1.165, 1.54) is 0 Å². The summed E-state index contributed by atoms with van der Waals surface area (Å²) in [5.41, 5.74) is 5.99. The Balaban J connectivity index is 1.83. The van der Waals surface area contributed by atoms with E-state index in [4.69, 9.17) is 4.74 Å². The molecule has 0 fully saturated rings. The smallest absolute Gasteiger partial charge is 0.202 e. The van der Waals surface area contributed by atoms with Crippen LogP contribution in [0.2, 0.25) is 0 Å². The molecule has 3 rings (SSSR count). The topological polar surface area (TPSA) is 31.2 Å². The van der Waals surface area contributed by atoms with Crippen molar-refractivity contribution in [3.63, 3.8) is 0 Å². The summed E-state index contributed by atoms with van der Waals surface area (Å²) in [5, 5.41) is 0. The summed E-state index contributed by atoms with van der Waals surface area (Å²) >= 11 is 0. The third-order valence-corrected chi connectivity index (χ3v) is 4.66. The Morgan fingerprint density at radius 3 is 2.40 bits per heavy atom. The first-order chi connectivity index (χ1) is 12.0. The largest absolute Gasteiger partial charge is 0.485 e. The fourth-order valence-corrected chi connectivity index (χ4v) is 3.12. The molecule has 3 nitrogen and oxygen atoms in total. The van der Waals surface area contributed by atoms with E-state index in [-0.39, 0.29) is 12.4 Å². The average molecular weight is 333 g/mol. The van der Waals surface area contributed by atoms with Crippen LogP contribution < -0.4 is 4.74 Å². The predicted octanol–water partition coefficient (Wildman–Crippen LogP) is 4.97. The first-order valence-electron chi connectivity index (χ1n) is 8.45. The molecule has 25 heavy (non-hydrogen) atoms. The van der Waals surface area contributed by atoms with E-state index < -0.39 is 0 Å². The van der Waals surface area contributed by atoms with Gasteiger partial charge in [-0.05, 0) is 63.1 Å². The Morgan fingerprint density at radius 2 is 1.68 bits per heavy atom. The van der Waals surface area contributed by atoms with Crippen LogP contribution in [0.3, 0.4) is 0 Å². The third-order valence-electron chi connectivity index (χ3n) is 4.66. The van der Waals surface area contributed by atoms with Crippen LogP contribution in [0.5, 0.6) is 5.75 Å². The van der Waals surface area contributed by atoms with E-state index in [1.807, 2.05) is 82.3 Å². The number of ether oxygens (including phenoxy) is 1. The van der Waals surface area contributed by atoms with Gasteiger partial charge >= 0.3 is 0 Å². The summed E-state index contributed by atoms with van der Waals surface area (Å²) in [5.74, 6) is 0.765. The Bertz CT molecular complexity index is 907. The summed E-state index contributed by atoms with van der Waals surface area (Å²) in [6, 6.07) is 17.9. The van der Waals surface area contributed by atoms with Crippen LogP contribution in [0.1, 0.15) is 32.9 Å². The van der Waals surface area contributed by atoms with Crippen LogP contribution in [0, 0.1) is 27.7 Å². The monoisotopic (exact) mass is 333 g/mol. The third kappa shape index (κ3) is 3.36. The minimum atomic E-state index is -0.00353. The van der Waals surface area contributed by atoms with E-state index in [9.17, 15) is 4.79 Å². The van der Waals surface area contributed by atoms with Gasteiger partial charge in [0.25, 0.3) is 0 Å². The van der Waals surface area contributed by atoms with Gasteiger partial charge in [0.1, 0.15) is 5.75 Å². The molecule has 1 aromatic heterocycles. The minimum absolute atomic E-state index is 0.00353. The van der Waals surface area contributed by atoms with E-state index >= 15 is 0 Å². The maximum Gasteiger partial charge on any atom is 0.202 e. The molecule has 128 valence electrons. The van der Waals surface area contributed by atoms with E-state index in [0.29, 0.717) is 5.56 Å². The lowest BCUT2D eigenvalue weighted by Crippen LogP contribution is -2.13. The molecule has 3 heteroatoms. The molecular weight excluding hydrogens is 310 g/mol. The number of nitrogens with zero attached hydrogens (tertiary/aromatic N) is 1. The number of para-hydroxylation sites is 1. The quantitative estimate of drug-likeness (QED) is 0.617. The summed E-state index contributed by atoms with van der Waals surface area (Å²) in [4.78, 5) is 12.7. The zero-order chi connectivity index (χ0) is 18.0. The summed E-state index contributed by atoms with van der Waals surface area (Å²) in [6.45, 7) is 8.09. The number of aromatic nitrogens is 1. The normalized spacial score (nSPS) is 10.7. The second-order valence-electron chi connectivity index (χ2n) is 6.37. The number of Topliss-reactive ketones (excluding diaryl/α,β-unsaturated/α-hetero) is 1. The van der Waals surface area contributed by atoms with E-state index in [1.54, 1.807) is 0 Å². The fourth-order valence-electron chi connectivity index (χ4n) is 3.12. The van der Waals surface area contributed by atoms with Crippen LogP contribution in [-0.4, -0.2) is 17.0 Å². The lowest BCUT2D eigenvalue weighted by atomic mass is 10.1. The van der Waals surface area contributed by atoms with Crippen molar-refractivity contribution < 1.29 is 9.53 Å². The van der Waals surface area contributed by atoms with Gasteiger partial charge in [-0.15, -0.1) is 0 Å². The average Bonchev–Trinajstić information content (AvgIpc) is 2.91. The summed E-state index contributed by atoms with van der Waals surface area (Å²) < 4.78 is 7.89. The van der Waals surface area contributed by atoms with Crippen molar-refractivity contribution in [1.29, 1.82) is 0 Å². The van der Waals surface area contributed by atoms with Gasteiger partial charge in [0, 0.05) is 22.6 Å². The lowest BCUT2D eigenvalue weighted by Gasteiger charge is -2.11. The van der Waals surface area contributed by atoms with Gasteiger partial charge in [-0.25, -0.2) is 0 Å². The number of carbonyl (C=O) groups excluding carboxylic acids is 1. The Kier molecular flexibility index (Phi) is 4.75. The van der Waals surface area contributed by atoms with E-state index in [2.05, 4.69) is 4.57 Å². The first kappa shape index (κ1) is 17.0. The van der Waals surface area contributed by atoms with E-state index in [0.717, 1.165) is 34.0 Å². The van der Waals surface area contributed by atoms with Crippen molar-refractivity contribution in [2.45, 2.75) is 27.7 Å². The number of benzene rings is 2. The van der Waals surface area contributed by atoms with Crippen LogP contribution >= 0.6 is 0 Å². The molecule has 0 radical (unpaired) electrons. The zero-order valence-electron chi connectivity index (χ0n) is 15.2. The highest BCUT2D eigenvalue weighted by Crippen LogP contribution is 2.23. The predicted molar refractivity (Wildman–Crippen MR) is 101 cm³/mol. The summed E-state index contributed by atoms with van der Waals surface area (Å²) in [6.07, 6.45) is 0. The van der Waals surface area contributed by atoms with Crippen molar-refractivity contribution in [2.75, 3.05) is 6.61 Å². The van der Waals surface area contributed by atoms with Gasteiger partial charge in [0.15, 0.2) is 6.61 Å². The van der Waals surface area contributed by atoms with Crippen LogP contribution in [0.25, 0.3) is 5.69 Å². The second kappa shape index (κ2) is 6.98. The molecule has 0 spiro atoms. The highest BCUT2D eigenvalue weighted by molar-refractivity contribution is 5.98. The Labute approximate surface area is 148 Å². The van der Waals surface area contributed by atoms with Gasteiger partial charge in [-0.3, -0.25) is 4.79 Å². The molecule has 1 heterocycles. The molecule has 0 N–H and O–H groups in total. The molecule has 0 bridgehead atoms. The highest BCUT2D eigenvalue weighted by Gasteiger charge is 2.17. The van der Waals surface area contributed by atoms with Gasteiger partial charge < -0.3 is 9.30 Å².